The molecule has 0 heterocycles. The van der Waals surface area contributed by atoms with Crippen molar-refractivity contribution in [2.24, 2.45) is 17.3 Å². The minimum atomic E-state index is -1.83. The van der Waals surface area contributed by atoms with Crippen molar-refractivity contribution in [2.45, 2.75) is 89.5 Å². The molecule has 1 unspecified atom stereocenters. The quantitative estimate of drug-likeness (QED) is 0.415. The van der Waals surface area contributed by atoms with Gasteiger partial charge in [-0.1, -0.05) is 32.8 Å². The van der Waals surface area contributed by atoms with E-state index in [1.54, 1.807) is 12.7 Å². The molecule has 1 aromatic rings. The van der Waals surface area contributed by atoms with E-state index >= 15 is 0 Å². The summed E-state index contributed by atoms with van der Waals surface area (Å²) < 4.78 is 12.5. The molecule has 2 saturated carbocycles. The topological polar surface area (TPSA) is 18.5 Å². The van der Waals surface area contributed by atoms with Gasteiger partial charge in [0.15, 0.2) is 8.32 Å². The standard InChI is InChI=1S/C26H38O2Si/c1-8-26-16-15-21-20-12-10-19(27-5)17-18(20)9-11-22(21)23(26)13-14-24(26)28-29(6,7)25(2,3)4/h1,10,12,17,21-24H,9,11,13-16H2,2-7H3/t21-,22-,23+,24+,26?/m1/s1. The van der Waals surface area contributed by atoms with Gasteiger partial charge in [0.2, 0.25) is 0 Å². The number of methoxy groups -OCH3 is 1. The van der Waals surface area contributed by atoms with Crippen LogP contribution in [0, 0.1) is 29.6 Å². The summed E-state index contributed by atoms with van der Waals surface area (Å²) in [6.45, 7) is 11.7. The molecule has 0 amide bonds. The Hall–Kier alpha value is -1.24. The van der Waals surface area contributed by atoms with Crippen molar-refractivity contribution in [3.05, 3.63) is 29.3 Å². The molecule has 0 saturated heterocycles. The van der Waals surface area contributed by atoms with E-state index in [9.17, 15) is 0 Å². The average molecular weight is 411 g/mol. The zero-order valence-corrected chi connectivity index (χ0v) is 20.2. The average Bonchev–Trinajstić information content (AvgIpc) is 3.04. The third-order valence-electron chi connectivity index (χ3n) is 8.89. The summed E-state index contributed by atoms with van der Waals surface area (Å²) >= 11 is 0. The van der Waals surface area contributed by atoms with Crippen molar-refractivity contribution >= 4 is 8.32 Å². The van der Waals surface area contributed by atoms with Gasteiger partial charge < -0.3 is 9.16 Å². The molecule has 3 heteroatoms. The molecule has 29 heavy (non-hydrogen) atoms. The van der Waals surface area contributed by atoms with Crippen molar-refractivity contribution in [1.82, 2.24) is 0 Å². The molecule has 2 fully saturated rings. The Morgan fingerprint density at radius 1 is 1.14 bits per heavy atom. The maximum atomic E-state index is 6.99. The van der Waals surface area contributed by atoms with E-state index in [1.807, 2.05) is 0 Å². The van der Waals surface area contributed by atoms with Crippen molar-refractivity contribution < 1.29 is 9.16 Å². The molecule has 0 bridgehead atoms. The van der Waals surface area contributed by atoms with E-state index in [-0.39, 0.29) is 16.6 Å². The van der Waals surface area contributed by atoms with Gasteiger partial charge >= 0.3 is 0 Å². The minimum absolute atomic E-state index is 0.0549. The summed E-state index contributed by atoms with van der Waals surface area (Å²) in [7, 11) is -0.0705. The summed E-state index contributed by atoms with van der Waals surface area (Å²) in [6, 6.07) is 6.72. The van der Waals surface area contributed by atoms with E-state index in [0.717, 1.165) is 25.0 Å². The second-order valence-corrected chi connectivity index (χ2v) is 15.9. The molecule has 4 rings (SSSR count). The largest absolute Gasteiger partial charge is 0.497 e. The van der Waals surface area contributed by atoms with Crippen LogP contribution in [-0.4, -0.2) is 21.5 Å². The first-order chi connectivity index (χ1) is 13.6. The van der Waals surface area contributed by atoms with Crippen LogP contribution in [0.2, 0.25) is 18.1 Å². The molecule has 2 nitrogen and oxygen atoms in total. The van der Waals surface area contributed by atoms with E-state index in [2.05, 4.69) is 58.0 Å². The van der Waals surface area contributed by atoms with Crippen molar-refractivity contribution in [3.8, 4) is 18.1 Å². The van der Waals surface area contributed by atoms with Gasteiger partial charge in [0.25, 0.3) is 0 Å². The zero-order valence-electron chi connectivity index (χ0n) is 19.2. The van der Waals surface area contributed by atoms with Crippen LogP contribution in [0.1, 0.15) is 69.9 Å². The maximum Gasteiger partial charge on any atom is 0.192 e. The Morgan fingerprint density at radius 3 is 2.55 bits per heavy atom. The first kappa shape index (κ1) is 21.0. The number of terminal acetylenes is 1. The smallest absolute Gasteiger partial charge is 0.192 e. The van der Waals surface area contributed by atoms with E-state index in [1.165, 1.54) is 24.8 Å². The molecule has 0 spiro atoms. The van der Waals surface area contributed by atoms with Crippen LogP contribution >= 0.6 is 0 Å². The number of fused-ring (bicyclic) bond motifs is 5. The lowest BCUT2D eigenvalue weighted by Gasteiger charge is -2.51. The predicted octanol–water partition coefficient (Wildman–Crippen LogP) is 6.56. The lowest BCUT2D eigenvalue weighted by Crippen LogP contribution is -2.51. The number of ether oxygens (including phenoxy) is 1. The van der Waals surface area contributed by atoms with Gasteiger partial charge in [-0.2, -0.15) is 0 Å². The highest BCUT2D eigenvalue weighted by Crippen LogP contribution is 2.62. The molecule has 0 aliphatic heterocycles. The van der Waals surface area contributed by atoms with Crippen LogP contribution in [0.4, 0.5) is 0 Å². The SMILES string of the molecule is C#CC12CC[C@@H]3c4ccc(OC)cc4CC[C@H]3[C@@H]1CC[C@@H]2O[Si](C)(C)C(C)(C)C. The van der Waals surface area contributed by atoms with Crippen LogP contribution in [0.15, 0.2) is 18.2 Å². The Balaban J connectivity index is 1.62. The summed E-state index contributed by atoms with van der Waals surface area (Å²) in [5, 5.41) is 0.223. The van der Waals surface area contributed by atoms with Crippen molar-refractivity contribution in [2.75, 3.05) is 7.11 Å². The fraction of sp³-hybridized carbons (Fsp3) is 0.692. The molecule has 3 aliphatic rings. The van der Waals surface area contributed by atoms with Crippen LogP contribution in [0.5, 0.6) is 5.75 Å². The third kappa shape index (κ3) is 3.28. The molecule has 0 radical (unpaired) electrons. The van der Waals surface area contributed by atoms with Gasteiger partial charge in [-0.05, 0) is 97.7 Å². The van der Waals surface area contributed by atoms with Crippen LogP contribution < -0.4 is 4.74 Å². The van der Waals surface area contributed by atoms with Gasteiger partial charge in [-0.3, -0.25) is 0 Å². The number of hydrogen-bond acceptors (Lipinski definition) is 2. The fourth-order valence-electron chi connectivity index (χ4n) is 6.28. The molecule has 0 N–H and O–H groups in total. The maximum absolute atomic E-state index is 6.99. The molecule has 5 atom stereocenters. The Kier molecular flexibility index (Phi) is 5.19. The van der Waals surface area contributed by atoms with Gasteiger partial charge in [0, 0.05) is 0 Å². The molecule has 158 valence electrons. The first-order valence-corrected chi connectivity index (χ1v) is 14.4. The van der Waals surface area contributed by atoms with Crippen molar-refractivity contribution in [3.63, 3.8) is 0 Å². The molecular formula is C26H38O2Si. The molecular weight excluding hydrogens is 372 g/mol. The second-order valence-electron chi connectivity index (χ2n) is 11.1. The number of hydrogen-bond donors (Lipinski definition) is 0. The number of aryl methyl sites for hydroxylation is 1. The Bertz CT molecular complexity index is 815. The first-order valence-electron chi connectivity index (χ1n) is 11.5. The summed E-state index contributed by atoms with van der Waals surface area (Å²) in [5.41, 5.74) is 2.99. The normalized spacial score (nSPS) is 34.0. The Morgan fingerprint density at radius 2 is 1.90 bits per heavy atom. The third-order valence-corrected chi connectivity index (χ3v) is 13.4. The van der Waals surface area contributed by atoms with E-state index in [0.29, 0.717) is 17.8 Å². The summed E-state index contributed by atoms with van der Waals surface area (Å²) in [6.07, 6.45) is 13.7. The highest BCUT2D eigenvalue weighted by molar-refractivity contribution is 6.74. The van der Waals surface area contributed by atoms with Crippen LogP contribution in [-0.2, 0) is 10.8 Å². The second kappa shape index (κ2) is 7.17. The zero-order chi connectivity index (χ0) is 21.0. The highest BCUT2D eigenvalue weighted by atomic mass is 28.4. The van der Waals surface area contributed by atoms with Gasteiger partial charge in [-0.25, -0.2) is 0 Å². The van der Waals surface area contributed by atoms with Crippen LogP contribution in [0.3, 0.4) is 0 Å². The Labute approximate surface area is 178 Å². The van der Waals surface area contributed by atoms with Crippen molar-refractivity contribution in [1.29, 1.82) is 0 Å². The number of benzene rings is 1. The lowest BCUT2D eigenvalue weighted by molar-refractivity contribution is 0.0132. The number of rotatable bonds is 3. The van der Waals surface area contributed by atoms with Crippen LogP contribution in [0.25, 0.3) is 0 Å². The monoisotopic (exact) mass is 410 g/mol. The van der Waals surface area contributed by atoms with E-state index < -0.39 is 8.32 Å². The predicted molar refractivity (Wildman–Crippen MR) is 123 cm³/mol. The summed E-state index contributed by atoms with van der Waals surface area (Å²) in [4.78, 5) is 0. The van der Waals surface area contributed by atoms with Gasteiger partial charge in [0.05, 0.1) is 18.6 Å². The van der Waals surface area contributed by atoms with Gasteiger partial charge in [-0.15, -0.1) is 6.42 Å². The summed E-state index contributed by atoms with van der Waals surface area (Å²) in [5.74, 6) is 6.31. The van der Waals surface area contributed by atoms with E-state index in [4.69, 9.17) is 15.6 Å². The minimum Gasteiger partial charge on any atom is -0.497 e. The lowest BCUT2D eigenvalue weighted by atomic mass is 9.55. The molecule has 3 aliphatic carbocycles. The fourth-order valence-corrected chi connectivity index (χ4v) is 7.68. The molecule has 0 aromatic heterocycles. The molecule has 1 aromatic carbocycles. The highest BCUT2D eigenvalue weighted by Gasteiger charge is 2.58. The van der Waals surface area contributed by atoms with Gasteiger partial charge in [0.1, 0.15) is 5.75 Å².